The number of anilines is 1. The number of amidine groups is 1. The van der Waals surface area contributed by atoms with Crippen molar-refractivity contribution in [1.82, 2.24) is 10.6 Å². The molecule has 1 unspecified atom stereocenters. The molecule has 0 spiro atoms. The number of carbonyl (C=O) groups is 1. The number of amides is 2. The van der Waals surface area contributed by atoms with Crippen LogP contribution in [0.3, 0.4) is 0 Å². The van der Waals surface area contributed by atoms with Crippen molar-refractivity contribution in [2.75, 3.05) is 30.8 Å². The van der Waals surface area contributed by atoms with Gasteiger partial charge in [-0.15, -0.1) is 0 Å². The topological polar surface area (TPSA) is 166 Å². The van der Waals surface area contributed by atoms with E-state index in [1.54, 1.807) is 30.3 Å². The highest BCUT2D eigenvalue weighted by atomic mass is 32.2. The van der Waals surface area contributed by atoms with E-state index >= 15 is 0 Å². The molecule has 0 aromatic heterocycles. The van der Waals surface area contributed by atoms with Gasteiger partial charge in [-0.05, 0) is 37.0 Å². The Hall–Kier alpha value is -2.63. The molecule has 164 valence electrons. The number of carbonyl (C=O) groups excluding carboxylic acids is 1. The van der Waals surface area contributed by atoms with Crippen molar-refractivity contribution in [3.8, 4) is 0 Å². The monoisotopic (exact) mass is 437 g/mol. The predicted octanol–water partition coefficient (Wildman–Crippen LogP) is -0.0269. The van der Waals surface area contributed by atoms with Gasteiger partial charge in [0, 0.05) is 30.6 Å². The summed E-state index contributed by atoms with van der Waals surface area (Å²) in [6, 6.07) is 6.58. The first-order chi connectivity index (χ1) is 14.3. The molecule has 7 N–H and O–H groups in total. The lowest BCUT2D eigenvalue weighted by Crippen LogP contribution is -2.40. The average molecular weight is 438 g/mol. The minimum absolute atomic E-state index is 0.00599. The summed E-state index contributed by atoms with van der Waals surface area (Å²) in [7, 11) is -3.52. The van der Waals surface area contributed by atoms with Crippen LogP contribution in [0.2, 0.25) is 0 Å². The van der Waals surface area contributed by atoms with Crippen LogP contribution in [0.5, 0.6) is 0 Å². The van der Waals surface area contributed by atoms with Crippen molar-refractivity contribution in [3.05, 3.63) is 41.6 Å². The van der Waals surface area contributed by atoms with Crippen molar-refractivity contribution < 1.29 is 23.4 Å². The summed E-state index contributed by atoms with van der Waals surface area (Å²) >= 11 is 0. The number of rotatable bonds is 9. The molecule has 1 saturated carbocycles. The number of nitrogens with two attached hydrogens (primary N) is 1. The van der Waals surface area contributed by atoms with Gasteiger partial charge in [-0.2, -0.15) is 0 Å². The molecule has 1 fully saturated rings. The molecular weight excluding hydrogens is 410 g/mol. The summed E-state index contributed by atoms with van der Waals surface area (Å²) in [4.78, 5) is 16.1. The second-order valence-corrected chi connectivity index (χ2v) is 9.69. The van der Waals surface area contributed by atoms with Gasteiger partial charge in [0.1, 0.15) is 16.7 Å². The highest BCUT2D eigenvalue weighted by Gasteiger charge is 2.57. The highest BCUT2D eigenvalue weighted by molar-refractivity contribution is 7.93. The number of nitrogens with one attached hydrogen (secondary N) is 3. The van der Waals surface area contributed by atoms with E-state index in [0.717, 1.165) is 5.56 Å². The van der Waals surface area contributed by atoms with E-state index in [-0.39, 0.29) is 24.2 Å². The van der Waals surface area contributed by atoms with Crippen molar-refractivity contribution in [2.24, 2.45) is 10.7 Å². The number of hydrogen-bond donors (Lipinski definition) is 6. The fourth-order valence-electron chi connectivity index (χ4n) is 3.36. The van der Waals surface area contributed by atoms with E-state index in [2.05, 4.69) is 20.9 Å². The molecule has 2 amide bonds. The Bertz CT molecular complexity index is 939. The first-order valence-corrected chi connectivity index (χ1v) is 11.4. The van der Waals surface area contributed by atoms with E-state index < -0.39 is 27.4 Å². The van der Waals surface area contributed by atoms with E-state index in [1.165, 1.54) is 0 Å². The molecule has 11 heteroatoms. The average Bonchev–Trinajstić information content (AvgIpc) is 3.51. The first-order valence-electron chi connectivity index (χ1n) is 9.72. The minimum Gasteiger partial charge on any atom is -0.396 e. The fraction of sp³-hybridized carbons (Fsp3) is 0.474. The summed E-state index contributed by atoms with van der Waals surface area (Å²) in [6.45, 7) is -0.0467. The Labute approximate surface area is 175 Å². The molecule has 3 rings (SSSR count). The number of hydrogen-bond acceptors (Lipinski definition) is 8. The van der Waals surface area contributed by atoms with Crippen LogP contribution in [-0.2, 0) is 9.84 Å². The molecule has 0 radical (unpaired) electrons. The normalized spacial score (nSPS) is 19.9. The molecule has 0 saturated heterocycles. The molecule has 30 heavy (non-hydrogen) atoms. The highest BCUT2D eigenvalue weighted by Crippen LogP contribution is 2.50. The van der Waals surface area contributed by atoms with Crippen LogP contribution in [-0.4, -0.2) is 60.8 Å². The Morgan fingerprint density at radius 3 is 2.53 bits per heavy atom. The van der Waals surface area contributed by atoms with Crippen LogP contribution in [0, 0.1) is 0 Å². The number of nitrogens with zero attached hydrogens (tertiary/aromatic N) is 1. The van der Waals surface area contributed by atoms with Crippen LogP contribution < -0.4 is 21.7 Å². The lowest BCUT2D eigenvalue weighted by molar-refractivity contribution is 0.249. The van der Waals surface area contributed by atoms with Gasteiger partial charge in [-0.25, -0.2) is 18.2 Å². The SMILES string of the molecule is NC1=NC(c2ccc(NC(=O)NCCCO)cc2)NC(C2(S(=O)(=O)CCO)CC2)=C1. The summed E-state index contributed by atoms with van der Waals surface area (Å²) < 4.78 is 24.2. The summed E-state index contributed by atoms with van der Waals surface area (Å²) in [5, 5.41) is 26.3. The van der Waals surface area contributed by atoms with Gasteiger partial charge >= 0.3 is 6.03 Å². The van der Waals surface area contributed by atoms with Gasteiger partial charge in [-0.1, -0.05) is 12.1 Å². The van der Waals surface area contributed by atoms with Crippen molar-refractivity contribution in [3.63, 3.8) is 0 Å². The van der Waals surface area contributed by atoms with Gasteiger partial charge in [0.25, 0.3) is 0 Å². The van der Waals surface area contributed by atoms with Crippen molar-refractivity contribution in [1.29, 1.82) is 0 Å². The molecule has 1 atom stereocenters. The maximum absolute atomic E-state index is 12.6. The zero-order valence-corrected chi connectivity index (χ0v) is 17.3. The van der Waals surface area contributed by atoms with E-state index in [0.29, 0.717) is 37.2 Å². The van der Waals surface area contributed by atoms with E-state index in [9.17, 15) is 13.2 Å². The quantitative estimate of drug-likeness (QED) is 0.295. The van der Waals surface area contributed by atoms with Crippen LogP contribution in [0.4, 0.5) is 10.5 Å². The summed E-state index contributed by atoms with van der Waals surface area (Å²) in [5.74, 6) is -0.0706. The zero-order valence-electron chi connectivity index (χ0n) is 16.5. The molecule has 1 aliphatic heterocycles. The maximum atomic E-state index is 12.6. The van der Waals surface area contributed by atoms with Crippen LogP contribution >= 0.6 is 0 Å². The Morgan fingerprint density at radius 1 is 1.23 bits per heavy atom. The molecular formula is C19H27N5O5S. The lowest BCUT2D eigenvalue weighted by Gasteiger charge is -2.28. The number of urea groups is 1. The standard InChI is InChI=1S/C19H27N5O5S/c20-16-12-15(19(6-7-19)30(28,29)11-10-26)23-17(24-16)13-2-4-14(5-3-13)22-18(27)21-8-1-9-25/h2-5,12,17,23,25-26H,1,6-11H2,(H2,20,24)(H2,21,22,27). The second-order valence-electron chi connectivity index (χ2n) is 7.28. The van der Waals surface area contributed by atoms with Gasteiger partial charge in [0.05, 0.1) is 12.4 Å². The molecule has 2 aliphatic rings. The molecule has 1 aromatic carbocycles. The maximum Gasteiger partial charge on any atom is 0.319 e. The molecule has 10 nitrogen and oxygen atoms in total. The molecule has 0 bridgehead atoms. The Kier molecular flexibility index (Phi) is 6.64. The zero-order chi connectivity index (χ0) is 21.8. The summed E-state index contributed by atoms with van der Waals surface area (Å²) in [5.41, 5.74) is 7.79. The third-order valence-corrected chi connectivity index (χ3v) is 7.66. The van der Waals surface area contributed by atoms with Crippen LogP contribution in [0.15, 0.2) is 41.0 Å². The number of aliphatic imine (C=N–C) groups is 1. The van der Waals surface area contributed by atoms with Gasteiger partial charge in [-0.3, -0.25) is 0 Å². The summed E-state index contributed by atoms with van der Waals surface area (Å²) in [6.07, 6.45) is 2.42. The Balaban J connectivity index is 1.69. The van der Waals surface area contributed by atoms with Gasteiger partial charge < -0.3 is 31.9 Å². The number of aliphatic hydroxyl groups excluding tert-OH is 2. The molecule has 1 aromatic rings. The smallest absolute Gasteiger partial charge is 0.319 e. The van der Waals surface area contributed by atoms with Crippen LogP contribution in [0.1, 0.15) is 31.0 Å². The third-order valence-electron chi connectivity index (χ3n) is 5.12. The lowest BCUT2D eigenvalue weighted by atomic mass is 10.1. The van der Waals surface area contributed by atoms with E-state index in [1.807, 2.05) is 0 Å². The van der Waals surface area contributed by atoms with Crippen molar-refractivity contribution >= 4 is 27.4 Å². The van der Waals surface area contributed by atoms with Gasteiger partial charge in [0.2, 0.25) is 0 Å². The number of sulfone groups is 1. The second kappa shape index (κ2) is 9.02. The van der Waals surface area contributed by atoms with Crippen LogP contribution in [0.25, 0.3) is 0 Å². The van der Waals surface area contributed by atoms with E-state index in [4.69, 9.17) is 15.9 Å². The molecule has 1 heterocycles. The first kappa shape index (κ1) is 22.1. The fourth-order valence-corrected chi connectivity index (χ4v) is 5.17. The number of benzene rings is 1. The molecule has 1 aliphatic carbocycles. The Morgan fingerprint density at radius 2 is 1.93 bits per heavy atom. The third kappa shape index (κ3) is 4.74. The largest absolute Gasteiger partial charge is 0.396 e. The van der Waals surface area contributed by atoms with Crippen molar-refractivity contribution in [2.45, 2.75) is 30.2 Å². The van der Waals surface area contributed by atoms with Gasteiger partial charge in [0.15, 0.2) is 9.84 Å². The minimum atomic E-state index is -3.52. The predicted molar refractivity (Wildman–Crippen MR) is 114 cm³/mol. The number of aliphatic hydroxyl groups is 2.